The Balaban J connectivity index is 2.24. The molecule has 0 bridgehead atoms. The Bertz CT molecular complexity index is 652. The number of nitrogens with zero attached hydrogens (tertiary/aromatic N) is 2. The number of hydrogen-bond acceptors (Lipinski definition) is 3. The fourth-order valence-corrected chi connectivity index (χ4v) is 2.30. The van der Waals surface area contributed by atoms with Crippen LogP contribution in [0.15, 0.2) is 58.5 Å². The number of anilines is 1. The molecule has 1 heterocycles. The quantitative estimate of drug-likeness (QED) is 0.853. The molecule has 0 spiro atoms. The third-order valence-corrected chi connectivity index (χ3v) is 3.72. The maximum Gasteiger partial charge on any atom is 0.283 e. The average molecular weight is 334 g/mol. The molecule has 0 fully saturated rings. The van der Waals surface area contributed by atoms with Crippen LogP contribution in [-0.4, -0.2) is 9.78 Å². The van der Waals surface area contributed by atoms with Gasteiger partial charge < -0.3 is 5.32 Å². The summed E-state index contributed by atoms with van der Waals surface area (Å²) in [6.45, 7) is 6.04. The SMILES string of the molecule is C=CCn1ncc(NC(C)c2ccccc2)c(Br)c1=O. The summed E-state index contributed by atoms with van der Waals surface area (Å²) in [5.41, 5.74) is 1.66. The molecule has 0 aliphatic rings. The molecule has 0 saturated carbocycles. The van der Waals surface area contributed by atoms with Crippen molar-refractivity contribution < 1.29 is 0 Å². The molecule has 1 aromatic heterocycles. The highest BCUT2D eigenvalue weighted by Gasteiger charge is 2.11. The number of halogens is 1. The lowest BCUT2D eigenvalue weighted by Gasteiger charge is -2.16. The van der Waals surface area contributed by atoms with Crippen molar-refractivity contribution in [3.8, 4) is 0 Å². The van der Waals surface area contributed by atoms with Gasteiger partial charge in [0, 0.05) is 6.04 Å². The van der Waals surface area contributed by atoms with Crippen LogP contribution in [-0.2, 0) is 6.54 Å². The second-order valence-electron chi connectivity index (χ2n) is 4.42. The Labute approximate surface area is 126 Å². The third-order valence-electron chi connectivity index (χ3n) is 2.96. The highest BCUT2D eigenvalue weighted by molar-refractivity contribution is 9.10. The predicted molar refractivity (Wildman–Crippen MR) is 84.9 cm³/mol. The van der Waals surface area contributed by atoms with Crippen LogP contribution >= 0.6 is 15.9 Å². The molecule has 104 valence electrons. The number of allylic oxidation sites excluding steroid dienone is 1. The lowest BCUT2D eigenvalue weighted by atomic mass is 10.1. The smallest absolute Gasteiger partial charge is 0.283 e. The van der Waals surface area contributed by atoms with Crippen molar-refractivity contribution in [3.63, 3.8) is 0 Å². The number of aromatic nitrogens is 2. The standard InChI is InChI=1S/C15H16BrN3O/c1-3-9-19-15(20)14(16)13(10-17-19)18-11(2)12-7-5-4-6-8-12/h3-8,10-11,18H,1,9H2,2H3. The Morgan fingerprint density at radius 3 is 2.80 bits per heavy atom. The summed E-state index contributed by atoms with van der Waals surface area (Å²) in [6, 6.07) is 10.1. The lowest BCUT2D eigenvalue weighted by Crippen LogP contribution is -2.24. The van der Waals surface area contributed by atoms with Crippen LogP contribution in [0, 0.1) is 0 Å². The van der Waals surface area contributed by atoms with Crippen molar-refractivity contribution >= 4 is 21.6 Å². The summed E-state index contributed by atoms with van der Waals surface area (Å²) in [5.74, 6) is 0. The molecule has 1 aromatic carbocycles. The first kappa shape index (κ1) is 14.5. The molecular weight excluding hydrogens is 318 g/mol. The van der Waals surface area contributed by atoms with E-state index < -0.39 is 0 Å². The molecule has 1 atom stereocenters. The molecule has 0 aliphatic carbocycles. The summed E-state index contributed by atoms with van der Waals surface area (Å²) < 4.78 is 1.84. The van der Waals surface area contributed by atoms with Gasteiger partial charge in [-0.2, -0.15) is 5.10 Å². The lowest BCUT2D eigenvalue weighted by molar-refractivity contribution is 0.648. The normalized spacial score (nSPS) is 11.9. The van der Waals surface area contributed by atoms with Crippen LogP contribution in [0.25, 0.3) is 0 Å². The van der Waals surface area contributed by atoms with Gasteiger partial charge in [0.15, 0.2) is 0 Å². The van der Waals surface area contributed by atoms with Gasteiger partial charge in [-0.25, -0.2) is 4.68 Å². The van der Waals surface area contributed by atoms with E-state index in [0.717, 1.165) is 5.56 Å². The van der Waals surface area contributed by atoms with Crippen LogP contribution in [0.3, 0.4) is 0 Å². The Morgan fingerprint density at radius 1 is 1.45 bits per heavy atom. The number of nitrogens with one attached hydrogen (secondary N) is 1. The highest BCUT2D eigenvalue weighted by atomic mass is 79.9. The molecule has 2 aromatic rings. The Morgan fingerprint density at radius 2 is 2.15 bits per heavy atom. The van der Waals surface area contributed by atoms with E-state index >= 15 is 0 Å². The van der Waals surface area contributed by atoms with Crippen LogP contribution < -0.4 is 10.9 Å². The van der Waals surface area contributed by atoms with Crippen LogP contribution in [0.4, 0.5) is 5.69 Å². The fraction of sp³-hybridized carbons (Fsp3) is 0.200. The largest absolute Gasteiger partial charge is 0.376 e. The van der Waals surface area contributed by atoms with Gasteiger partial charge >= 0.3 is 0 Å². The van der Waals surface area contributed by atoms with Crippen LogP contribution in [0.5, 0.6) is 0 Å². The molecule has 0 saturated heterocycles. The summed E-state index contributed by atoms with van der Waals surface area (Å²) in [5, 5.41) is 7.40. The molecule has 4 nitrogen and oxygen atoms in total. The molecule has 2 rings (SSSR count). The molecule has 5 heteroatoms. The summed E-state index contributed by atoms with van der Waals surface area (Å²) in [6.07, 6.45) is 3.29. The zero-order valence-corrected chi connectivity index (χ0v) is 12.8. The molecule has 1 unspecified atom stereocenters. The minimum Gasteiger partial charge on any atom is -0.376 e. The Kier molecular flexibility index (Phi) is 4.74. The summed E-state index contributed by atoms with van der Waals surface area (Å²) in [7, 11) is 0. The van der Waals surface area contributed by atoms with Crippen molar-refractivity contribution in [3.05, 3.63) is 69.6 Å². The summed E-state index contributed by atoms with van der Waals surface area (Å²) in [4.78, 5) is 12.1. The zero-order chi connectivity index (χ0) is 14.5. The van der Waals surface area contributed by atoms with Crippen molar-refractivity contribution in [1.29, 1.82) is 0 Å². The topological polar surface area (TPSA) is 46.9 Å². The molecule has 1 N–H and O–H groups in total. The van der Waals surface area contributed by atoms with Crippen molar-refractivity contribution in [2.75, 3.05) is 5.32 Å². The van der Waals surface area contributed by atoms with E-state index in [1.807, 2.05) is 37.3 Å². The number of hydrogen-bond donors (Lipinski definition) is 1. The van der Waals surface area contributed by atoms with E-state index in [0.29, 0.717) is 16.7 Å². The average Bonchev–Trinajstić information content (AvgIpc) is 2.48. The maximum absolute atomic E-state index is 12.1. The van der Waals surface area contributed by atoms with Crippen LogP contribution in [0.1, 0.15) is 18.5 Å². The highest BCUT2D eigenvalue weighted by Crippen LogP contribution is 2.22. The first-order chi connectivity index (χ1) is 9.63. The van der Waals surface area contributed by atoms with Gasteiger partial charge in [-0.15, -0.1) is 6.58 Å². The van der Waals surface area contributed by atoms with Gasteiger partial charge in [0.1, 0.15) is 4.47 Å². The minimum absolute atomic E-state index is 0.0870. The monoisotopic (exact) mass is 333 g/mol. The molecule has 0 aliphatic heterocycles. The van der Waals surface area contributed by atoms with Gasteiger partial charge in [0.2, 0.25) is 0 Å². The molecular formula is C15H16BrN3O. The predicted octanol–water partition coefficient (Wildman–Crippen LogP) is 3.36. The van der Waals surface area contributed by atoms with Gasteiger partial charge in [-0.05, 0) is 28.4 Å². The number of rotatable bonds is 5. The summed E-state index contributed by atoms with van der Waals surface area (Å²) >= 11 is 3.33. The third kappa shape index (κ3) is 3.17. The van der Waals surface area contributed by atoms with Gasteiger partial charge in [-0.3, -0.25) is 4.79 Å². The molecule has 20 heavy (non-hydrogen) atoms. The Hall–Kier alpha value is -1.88. The van der Waals surface area contributed by atoms with Crippen molar-refractivity contribution in [2.24, 2.45) is 0 Å². The van der Waals surface area contributed by atoms with Gasteiger partial charge in [0.25, 0.3) is 5.56 Å². The molecule has 0 radical (unpaired) electrons. The second kappa shape index (κ2) is 6.52. The minimum atomic E-state index is -0.171. The van der Waals surface area contributed by atoms with E-state index in [1.54, 1.807) is 12.3 Å². The van der Waals surface area contributed by atoms with Crippen molar-refractivity contribution in [2.45, 2.75) is 19.5 Å². The van der Waals surface area contributed by atoms with Gasteiger partial charge in [0.05, 0.1) is 18.4 Å². The fourth-order valence-electron chi connectivity index (χ4n) is 1.88. The number of benzene rings is 1. The van der Waals surface area contributed by atoms with E-state index in [1.165, 1.54) is 4.68 Å². The van der Waals surface area contributed by atoms with E-state index in [-0.39, 0.29) is 11.6 Å². The molecule has 0 amide bonds. The first-order valence-electron chi connectivity index (χ1n) is 6.31. The first-order valence-corrected chi connectivity index (χ1v) is 7.10. The van der Waals surface area contributed by atoms with E-state index in [9.17, 15) is 4.79 Å². The maximum atomic E-state index is 12.1. The van der Waals surface area contributed by atoms with E-state index in [4.69, 9.17) is 0 Å². The zero-order valence-electron chi connectivity index (χ0n) is 11.2. The van der Waals surface area contributed by atoms with Crippen molar-refractivity contribution in [1.82, 2.24) is 9.78 Å². The van der Waals surface area contributed by atoms with E-state index in [2.05, 4.69) is 32.9 Å². The second-order valence-corrected chi connectivity index (χ2v) is 5.22. The van der Waals surface area contributed by atoms with Gasteiger partial charge in [-0.1, -0.05) is 36.4 Å². The van der Waals surface area contributed by atoms with Crippen LogP contribution in [0.2, 0.25) is 0 Å².